The molecule has 0 unspecified atom stereocenters. The number of aryl methyl sites for hydroxylation is 2. The van der Waals surface area contributed by atoms with Gasteiger partial charge >= 0.3 is 11.8 Å². The van der Waals surface area contributed by atoms with Crippen LogP contribution in [0, 0.1) is 6.92 Å². The number of para-hydroxylation sites is 1. The molecule has 2 N–H and O–H groups in total. The van der Waals surface area contributed by atoms with Crippen LogP contribution in [0.4, 0.5) is 5.69 Å². The summed E-state index contributed by atoms with van der Waals surface area (Å²) in [5.41, 5.74) is 1.49. The van der Waals surface area contributed by atoms with Crippen molar-refractivity contribution in [1.82, 2.24) is 15.5 Å². The number of hydrogen-bond donors (Lipinski definition) is 2. The van der Waals surface area contributed by atoms with Gasteiger partial charge in [-0.15, -0.1) is 0 Å². The lowest BCUT2D eigenvalue weighted by Gasteiger charge is -2.22. The molecule has 0 fully saturated rings. The van der Waals surface area contributed by atoms with Crippen molar-refractivity contribution in [3.8, 4) is 0 Å². The van der Waals surface area contributed by atoms with Gasteiger partial charge in [0.05, 0.1) is 0 Å². The standard InChI is InChI=1S/C18H24N4O3/c1-12-20-15(25-22-12)10-7-11-19-16(23)17(24)21-14-9-6-5-8-13(14)18(2,3)4/h5-6,8-9H,7,10-11H2,1-4H3,(H,19,23)(H,21,24). The van der Waals surface area contributed by atoms with Gasteiger partial charge in [-0.2, -0.15) is 4.98 Å². The molecule has 2 amide bonds. The highest BCUT2D eigenvalue weighted by atomic mass is 16.5. The third-order valence-corrected chi connectivity index (χ3v) is 3.61. The first kappa shape index (κ1) is 18.6. The minimum absolute atomic E-state index is 0.136. The van der Waals surface area contributed by atoms with Crippen LogP contribution in [0.25, 0.3) is 0 Å². The largest absolute Gasteiger partial charge is 0.348 e. The van der Waals surface area contributed by atoms with Crippen LogP contribution in [0.1, 0.15) is 44.5 Å². The number of rotatable bonds is 5. The van der Waals surface area contributed by atoms with E-state index in [1.807, 2.05) is 18.2 Å². The Hall–Kier alpha value is -2.70. The van der Waals surface area contributed by atoms with E-state index in [4.69, 9.17) is 4.52 Å². The third-order valence-electron chi connectivity index (χ3n) is 3.61. The molecule has 2 aromatic rings. The van der Waals surface area contributed by atoms with E-state index in [0.717, 1.165) is 5.56 Å². The Kier molecular flexibility index (Phi) is 5.90. The van der Waals surface area contributed by atoms with Crippen molar-refractivity contribution in [2.24, 2.45) is 0 Å². The summed E-state index contributed by atoms with van der Waals surface area (Å²) in [6.07, 6.45) is 1.16. The van der Waals surface area contributed by atoms with Gasteiger partial charge in [-0.3, -0.25) is 9.59 Å². The monoisotopic (exact) mass is 344 g/mol. The number of nitrogens with one attached hydrogen (secondary N) is 2. The summed E-state index contributed by atoms with van der Waals surface area (Å²) in [5, 5.41) is 8.98. The lowest BCUT2D eigenvalue weighted by atomic mass is 9.86. The summed E-state index contributed by atoms with van der Waals surface area (Å²) in [5.74, 6) is -0.234. The van der Waals surface area contributed by atoms with E-state index in [-0.39, 0.29) is 5.41 Å². The average molecular weight is 344 g/mol. The topological polar surface area (TPSA) is 97.1 Å². The van der Waals surface area contributed by atoms with Gasteiger partial charge in [0.25, 0.3) is 0 Å². The van der Waals surface area contributed by atoms with Crippen molar-refractivity contribution in [2.45, 2.75) is 46.0 Å². The molecule has 0 radical (unpaired) electrons. The molecule has 0 aliphatic heterocycles. The normalized spacial score (nSPS) is 11.2. The number of carbonyl (C=O) groups is 2. The minimum atomic E-state index is -0.676. The van der Waals surface area contributed by atoms with Gasteiger partial charge in [-0.1, -0.05) is 44.1 Å². The quantitative estimate of drug-likeness (QED) is 0.641. The molecule has 25 heavy (non-hydrogen) atoms. The number of nitrogens with zero attached hydrogens (tertiary/aromatic N) is 2. The van der Waals surface area contributed by atoms with Crippen molar-refractivity contribution in [3.05, 3.63) is 41.5 Å². The molecule has 7 heteroatoms. The van der Waals surface area contributed by atoms with E-state index >= 15 is 0 Å². The Bertz CT molecular complexity index is 747. The molecular weight excluding hydrogens is 320 g/mol. The lowest BCUT2D eigenvalue weighted by Crippen LogP contribution is -2.36. The molecule has 0 spiro atoms. The van der Waals surface area contributed by atoms with Crippen molar-refractivity contribution < 1.29 is 14.1 Å². The molecule has 0 aliphatic carbocycles. The summed E-state index contributed by atoms with van der Waals surface area (Å²) in [6.45, 7) is 8.26. The first-order valence-electron chi connectivity index (χ1n) is 8.25. The first-order chi connectivity index (χ1) is 11.8. The van der Waals surface area contributed by atoms with E-state index in [1.54, 1.807) is 13.0 Å². The summed E-state index contributed by atoms with van der Waals surface area (Å²) < 4.78 is 4.99. The highest BCUT2D eigenvalue weighted by Gasteiger charge is 2.20. The molecule has 0 atom stereocenters. The second kappa shape index (κ2) is 7.92. The Balaban J connectivity index is 1.83. The number of benzene rings is 1. The highest BCUT2D eigenvalue weighted by Crippen LogP contribution is 2.29. The maximum absolute atomic E-state index is 12.1. The summed E-state index contributed by atoms with van der Waals surface area (Å²) in [4.78, 5) is 28.1. The molecule has 0 saturated carbocycles. The van der Waals surface area contributed by atoms with Gasteiger partial charge in [0.2, 0.25) is 5.89 Å². The van der Waals surface area contributed by atoms with Crippen LogP contribution >= 0.6 is 0 Å². The van der Waals surface area contributed by atoms with Crippen LogP contribution in [-0.4, -0.2) is 28.5 Å². The van der Waals surface area contributed by atoms with Gasteiger partial charge in [0.15, 0.2) is 5.82 Å². The fourth-order valence-corrected chi connectivity index (χ4v) is 2.39. The molecule has 7 nitrogen and oxygen atoms in total. The van der Waals surface area contributed by atoms with E-state index in [0.29, 0.717) is 36.8 Å². The Morgan fingerprint density at radius 1 is 1.16 bits per heavy atom. The average Bonchev–Trinajstić information content (AvgIpc) is 2.96. The van der Waals surface area contributed by atoms with E-state index in [9.17, 15) is 9.59 Å². The Labute approximate surface area is 147 Å². The van der Waals surface area contributed by atoms with Crippen LogP contribution in [0.5, 0.6) is 0 Å². The number of carbonyl (C=O) groups excluding carboxylic acids is 2. The van der Waals surface area contributed by atoms with Gasteiger partial charge in [-0.25, -0.2) is 0 Å². The minimum Gasteiger partial charge on any atom is -0.348 e. The predicted octanol–water partition coefficient (Wildman–Crippen LogP) is 2.36. The summed E-state index contributed by atoms with van der Waals surface area (Å²) in [6, 6.07) is 7.48. The van der Waals surface area contributed by atoms with Gasteiger partial charge in [-0.05, 0) is 30.4 Å². The van der Waals surface area contributed by atoms with E-state index in [2.05, 4.69) is 41.5 Å². The lowest BCUT2D eigenvalue weighted by molar-refractivity contribution is -0.136. The molecule has 134 valence electrons. The SMILES string of the molecule is Cc1noc(CCCNC(=O)C(=O)Nc2ccccc2C(C)(C)C)n1. The number of anilines is 1. The second-order valence-corrected chi connectivity index (χ2v) is 6.84. The molecule has 1 heterocycles. The molecule has 1 aromatic heterocycles. The molecular formula is C18H24N4O3. The fraction of sp³-hybridized carbons (Fsp3) is 0.444. The molecule has 0 saturated heterocycles. The smallest absolute Gasteiger partial charge is 0.313 e. The first-order valence-corrected chi connectivity index (χ1v) is 8.25. The van der Waals surface area contributed by atoms with Gasteiger partial charge in [0.1, 0.15) is 0 Å². The van der Waals surface area contributed by atoms with E-state index < -0.39 is 11.8 Å². The third kappa shape index (κ3) is 5.41. The van der Waals surface area contributed by atoms with Crippen LogP contribution in [0.3, 0.4) is 0 Å². The zero-order valence-electron chi connectivity index (χ0n) is 15.0. The van der Waals surface area contributed by atoms with Crippen molar-refractivity contribution in [1.29, 1.82) is 0 Å². The van der Waals surface area contributed by atoms with Gasteiger partial charge < -0.3 is 15.2 Å². The zero-order chi connectivity index (χ0) is 18.4. The molecule has 2 rings (SSSR count). The fourth-order valence-electron chi connectivity index (χ4n) is 2.39. The van der Waals surface area contributed by atoms with Crippen LogP contribution in [-0.2, 0) is 21.4 Å². The van der Waals surface area contributed by atoms with Crippen molar-refractivity contribution in [3.63, 3.8) is 0 Å². The summed E-state index contributed by atoms with van der Waals surface area (Å²) in [7, 11) is 0. The van der Waals surface area contributed by atoms with Crippen LogP contribution in [0.2, 0.25) is 0 Å². The Morgan fingerprint density at radius 2 is 1.88 bits per heavy atom. The summed E-state index contributed by atoms with van der Waals surface area (Å²) >= 11 is 0. The van der Waals surface area contributed by atoms with E-state index in [1.165, 1.54) is 0 Å². The van der Waals surface area contributed by atoms with Crippen LogP contribution in [0.15, 0.2) is 28.8 Å². The number of aromatic nitrogens is 2. The maximum atomic E-state index is 12.1. The molecule has 0 aliphatic rings. The zero-order valence-corrected chi connectivity index (χ0v) is 15.0. The van der Waals surface area contributed by atoms with Gasteiger partial charge in [0, 0.05) is 18.7 Å². The molecule has 1 aromatic carbocycles. The van der Waals surface area contributed by atoms with Crippen molar-refractivity contribution in [2.75, 3.05) is 11.9 Å². The van der Waals surface area contributed by atoms with Crippen LogP contribution < -0.4 is 10.6 Å². The van der Waals surface area contributed by atoms with Crippen molar-refractivity contribution >= 4 is 17.5 Å². The Morgan fingerprint density at radius 3 is 2.52 bits per heavy atom. The molecule has 0 bridgehead atoms. The second-order valence-electron chi connectivity index (χ2n) is 6.84. The predicted molar refractivity (Wildman–Crippen MR) is 94.1 cm³/mol. The number of hydrogen-bond acceptors (Lipinski definition) is 5. The maximum Gasteiger partial charge on any atom is 0.313 e. The highest BCUT2D eigenvalue weighted by molar-refractivity contribution is 6.39. The number of amides is 2.